The van der Waals surface area contributed by atoms with E-state index >= 15 is 0 Å². The van der Waals surface area contributed by atoms with Gasteiger partial charge in [-0.15, -0.1) is 0 Å². The van der Waals surface area contributed by atoms with Crippen molar-refractivity contribution in [2.45, 2.75) is 49.6 Å². The van der Waals surface area contributed by atoms with E-state index in [0.717, 1.165) is 32.3 Å². The molecular formula is C12H21IO3. The summed E-state index contributed by atoms with van der Waals surface area (Å²) in [6, 6.07) is 0. The van der Waals surface area contributed by atoms with Gasteiger partial charge in [0, 0.05) is 10.5 Å². The molecule has 1 saturated carbocycles. The monoisotopic (exact) mass is 340 g/mol. The second-order valence-electron chi connectivity index (χ2n) is 4.20. The second kappa shape index (κ2) is 7.48. The van der Waals surface area contributed by atoms with Crippen LogP contribution in [0.3, 0.4) is 0 Å². The Labute approximate surface area is 111 Å². The second-order valence-corrected chi connectivity index (χ2v) is 5.80. The summed E-state index contributed by atoms with van der Waals surface area (Å²) in [5.41, 5.74) is 0. The molecule has 0 aromatic carbocycles. The lowest BCUT2D eigenvalue weighted by atomic mass is 10.1. The smallest absolute Gasteiger partial charge is 0.309 e. The van der Waals surface area contributed by atoms with Gasteiger partial charge in [0.25, 0.3) is 0 Å². The van der Waals surface area contributed by atoms with E-state index in [9.17, 15) is 4.79 Å². The van der Waals surface area contributed by atoms with Gasteiger partial charge in [-0.05, 0) is 26.2 Å². The van der Waals surface area contributed by atoms with Crippen LogP contribution in [0.4, 0.5) is 0 Å². The first-order valence-corrected chi connectivity index (χ1v) is 7.35. The normalized spacial score (nSPS) is 29.3. The van der Waals surface area contributed by atoms with E-state index in [4.69, 9.17) is 9.47 Å². The Morgan fingerprint density at radius 3 is 2.75 bits per heavy atom. The molecule has 1 aliphatic rings. The van der Waals surface area contributed by atoms with E-state index in [1.165, 1.54) is 0 Å². The number of unbranched alkanes of at least 4 members (excludes halogenated alkanes) is 1. The highest BCUT2D eigenvalue weighted by Gasteiger charge is 2.37. The van der Waals surface area contributed by atoms with Crippen LogP contribution in [0.1, 0.15) is 39.5 Å². The first kappa shape index (κ1) is 14.2. The number of halogens is 1. The Bertz CT molecular complexity index is 220. The van der Waals surface area contributed by atoms with Gasteiger partial charge in [-0.1, -0.05) is 35.9 Å². The molecule has 0 radical (unpaired) electrons. The van der Waals surface area contributed by atoms with Crippen molar-refractivity contribution in [1.29, 1.82) is 0 Å². The van der Waals surface area contributed by atoms with Crippen molar-refractivity contribution in [3.63, 3.8) is 0 Å². The molecule has 1 aliphatic carbocycles. The van der Waals surface area contributed by atoms with Crippen molar-refractivity contribution in [3.05, 3.63) is 0 Å². The summed E-state index contributed by atoms with van der Waals surface area (Å²) in [4.78, 5) is 11.6. The van der Waals surface area contributed by atoms with E-state index in [1.54, 1.807) is 0 Å². The van der Waals surface area contributed by atoms with Crippen LogP contribution in [0.25, 0.3) is 0 Å². The van der Waals surface area contributed by atoms with Crippen molar-refractivity contribution in [3.8, 4) is 0 Å². The van der Waals surface area contributed by atoms with Gasteiger partial charge in [0.05, 0.1) is 18.6 Å². The van der Waals surface area contributed by atoms with Crippen molar-refractivity contribution in [2.24, 2.45) is 5.92 Å². The van der Waals surface area contributed by atoms with Gasteiger partial charge in [-0.2, -0.15) is 0 Å². The van der Waals surface area contributed by atoms with Crippen LogP contribution in [0, 0.1) is 5.92 Å². The number of carbonyl (C=O) groups excluding carboxylic acids is 1. The third-order valence-electron chi connectivity index (χ3n) is 2.88. The molecule has 0 aromatic heterocycles. The van der Waals surface area contributed by atoms with Crippen molar-refractivity contribution >= 4 is 28.6 Å². The summed E-state index contributed by atoms with van der Waals surface area (Å²) in [7, 11) is 0. The molecule has 0 aromatic rings. The van der Waals surface area contributed by atoms with Crippen LogP contribution < -0.4 is 0 Å². The van der Waals surface area contributed by atoms with Crippen LogP contribution in [-0.2, 0) is 14.3 Å². The number of hydrogen-bond donors (Lipinski definition) is 0. The summed E-state index contributed by atoms with van der Waals surface area (Å²) >= 11 is 2.39. The minimum atomic E-state index is -0.0502. The highest BCUT2D eigenvalue weighted by molar-refractivity contribution is 14.1. The number of hydrogen-bond acceptors (Lipinski definition) is 3. The Balaban J connectivity index is 2.32. The molecule has 0 aliphatic heterocycles. The van der Waals surface area contributed by atoms with E-state index in [2.05, 4.69) is 29.5 Å². The largest absolute Gasteiger partial charge is 0.466 e. The Morgan fingerprint density at radius 2 is 2.12 bits per heavy atom. The molecule has 0 saturated heterocycles. The highest BCUT2D eigenvalue weighted by Crippen LogP contribution is 2.34. The fourth-order valence-electron chi connectivity index (χ4n) is 1.95. The van der Waals surface area contributed by atoms with Crippen LogP contribution in [0.5, 0.6) is 0 Å². The Morgan fingerprint density at radius 1 is 1.38 bits per heavy atom. The van der Waals surface area contributed by atoms with Crippen molar-refractivity contribution in [1.82, 2.24) is 0 Å². The molecule has 3 unspecified atom stereocenters. The van der Waals surface area contributed by atoms with Gasteiger partial charge in [0.15, 0.2) is 0 Å². The van der Waals surface area contributed by atoms with E-state index in [-0.39, 0.29) is 18.0 Å². The molecule has 16 heavy (non-hydrogen) atoms. The molecule has 94 valence electrons. The first-order chi connectivity index (χ1) is 7.69. The maximum absolute atomic E-state index is 11.6. The lowest BCUT2D eigenvalue weighted by molar-refractivity contribution is -0.148. The minimum Gasteiger partial charge on any atom is -0.466 e. The summed E-state index contributed by atoms with van der Waals surface area (Å²) in [6.07, 6.45) is 4.22. The molecule has 0 amide bonds. The Hall–Kier alpha value is 0.160. The van der Waals surface area contributed by atoms with E-state index in [0.29, 0.717) is 10.5 Å². The summed E-state index contributed by atoms with van der Waals surface area (Å²) in [6.45, 7) is 5.30. The quantitative estimate of drug-likeness (QED) is 0.323. The number of rotatable bonds is 6. The van der Waals surface area contributed by atoms with Crippen molar-refractivity contribution < 1.29 is 14.3 Å². The summed E-state index contributed by atoms with van der Waals surface area (Å²) in [5.74, 6) is -0.000709. The van der Waals surface area contributed by atoms with E-state index in [1.807, 2.05) is 6.92 Å². The van der Waals surface area contributed by atoms with Gasteiger partial charge in [0.2, 0.25) is 0 Å². The molecule has 0 spiro atoms. The molecule has 3 nitrogen and oxygen atoms in total. The maximum atomic E-state index is 11.6. The Kier molecular flexibility index (Phi) is 6.65. The maximum Gasteiger partial charge on any atom is 0.309 e. The molecule has 0 N–H and O–H groups in total. The number of carbonyl (C=O) groups is 1. The summed E-state index contributed by atoms with van der Waals surface area (Å²) in [5, 5.41) is 0. The molecule has 1 rings (SSSR count). The predicted molar refractivity (Wildman–Crippen MR) is 71.8 cm³/mol. The van der Waals surface area contributed by atoms with Crippen molar-refractivity contribution in [2.75, 3.05) is 13.2 Å². The molecule has 0 heterocycles. The zero-order chi connectivity index (χ0) is 12.0. The lowest BCUT2D eigenvalue weighted by Gasteiger charge is -2.14. The SMILES string of the molecule is CCCCOC1CC(C(=O)OCC)CC1I. The highest BCUT2D eigenvalue weighted by atomic mass is 127. The molecule has 0 bridgehead atoms. The zero-order valence-electron chi connectivity index (χ0n) is 10.1. The molecule has 1 fully saturated rings. The predicted octanol–water partition coefficient (Wildman–Crippen LogP) is 2.95. The van der Waals surface area contributed by atoms with Gasteiger partial charge < -0.3 is 9.47 Å². The average Bonchev–Trinajstić information content (AvgIpc) is 2.61. The van der Waals surface area contributed by atoms with E-state index < -0.39 is 0 Å². The van der Waals surface area contributed by atoms with Crippen LogP contribution in [0.15, 0.2) is 0 Å². The van der Waals surface area contributed by atoms with Gasteiger partial charge in [-0.3, -0.25) is 4.79 Å². The number of esters is 1. The number of alkyl halides is 1. The topological polar surface area (TPSA) is 35.5 Å². The van der Waals surface area contributed by atoms with Crippen LogP contribution in [0.2, 0.25) is 0 Å². The summed E-state index contributed by atoms with van der Waals surface area (Å²) < 4.78 is 11.3. The molecule has 3 atom stereocenters. The van der Waals surface area contributed by atoms with Crippen LogP contribution >= 0.6 is 22.6 Å². The third-order valence-corrected chi connectivity index (χ3v) is 4.19. The minimum absolute atomic E-state index is 0.0495. The third kappa shape index (κ3) is 4.20. The average molecular weight is 340 g/mol. The fraction of sp³-hybridized carbons (Fsp3) is 0.917. The van der Waals surface area contributed by atoms with Gasteiger partial charge in [0.1, 0.15) is 0 Å². The molecule has 4 heteroatoms. The lowest BCUT2D eigenvalue weighted by Crippen LogP contribution is -2.19. The number of ether oxygens (including phenoxy) is 2. The van der Waals surface area contributed by atoms with Gasteiger partial charge in [-0.25, -0.2) is 0 Å². The fourth-order valence-corrected chi connectivity index (χ4v) is 3.07. The van der Waals surface area contributed by atoms with Gasteiger partial charge >= 0.3 is 5.97 Å². The first-order valence-electron chi connectivity index (χ1n) is 6.11. The molecular weight excluding hydrogens is 319 g/mol. The standard InChI is InChI=1S/C12H21IO3/c1-3-5-6-16-11-8-9(7-10(11)13)12(14)15-4-2/h9-11H,3-8H2,1-2H3. The zero-order valence-corrected chi connectivity index (χ0v) is 12.2. The van der Waals surface area contributed by atoms with Crippen LogP contribution in [-0.4, -0.2) is 29.2 Å².